The molecule has 2 aromatic heterocycles. The zero-order valence-corrected chi connectivity index (χ0v) is 11.7. The molecule has 0 spiro atoms. The highest BCUT2D eigenvalue weighted by molar-refractivity contribution is 7.09. The maximum absolute atomic E-state index is 11.6. The van der Waals surface area contributed by atoms with E-state index in [1.54, 1.807) is 0 Å². The van der Waals surface area contributed by atoms with Crippen LogP contribution in [0.4, 0.5) is 0 Å². The van der Waals surface area contributed by atoms with Gasteiger partial charge in [0.1, 0.15) is 0 Å². The highest BCUT2D eigenvalue weighted by Crippen LogP contribution is 2.09. The van der Waals surface area contributed by atoms with Crippen molar-refractivity contribution in [2.24, 2.45) is 0 Å². The molecule has 2 aromatic rings. The first-order chi connectivity index (χ1) is 9.17. The summed E-state index contributed by atoms with van der Waals surface area (Å²) in [5, 5.41) is 6.57. The number of hydrogen-bond acceptors (Lipinski definition) is 7. The number of carbonyl (C=O) groups excluding carboxylic acids is 1. The molecule has 0 fully saturated rings. The minimum atomic E-state index is -0.347. The second-order valence-corrected chi connectivity index (χ2v) is 5.11. The maximum atomic E-state index is 11.6. The van der Waals surface area contributed by atoms with Gasteiger partial charge in [-0.3, -0.25) is 4.79 Å². The molecule has 0 saturated carbocycles. The lowest BCUT2D eigenvalue weighted by Crippen LogP contribution is -2.08. The van der Waals surface area contributed by atoms with E-state index in [9.17, 15) is 4.79 Å². The van der Waals surface area contributed by atoms with Crippen LogP contribution >= 0.6 is 11.3 Å². The van der Waals surface area contributed by atoms with Crippen LogP contribution in [-0.2, 0) is 29.0 Å². The third-order valence-electron chi connectivity index (χ3n) is 2.33. The molecule has 6 nitrogen and oxygen atoms in total. The van der Waals surface area contributed by atoms with Crippen LogP contribution in [-0.4, -0.2) is 21.1 Å². The van der Waals surface area contributed by atoms with Crippen molar-refractivity contribution in [2.75, 3.05) is 0 Å². The number of ether oxygens (including phenoxy) is 1. The van der Waals surface area contributed by atoms with Gasteiger partial charge in [-0.1, -0.05) is 12.1 Å². The van der Waals surface area contributed by atoms with Crippen LogP contribution in [0.25, 0.3) is 0 Å². The zero-order valence-electron chi connectivity index (χ0n) is 10.9. The molecule has 0 aliphatic rings. The topological polar surface area (TPSA) is 78.1 Å². The number of carbonyl (C=O) groups is 1. The molecule has 7 heteroatoms. The quantitative estimate of drug-likeness (QED) is 0.754. The molecule has 2 heterocycles. The van der Waals surface area contributed by atoms with Crippen LogP contribution in [0.3, 0.4) is 0 Å². The summed E-state index contributed by atoms with van der Waals surface area (Å²) in [7, 11) is 0. The Hall–Kier alpha value is -1.76. The van der Waals surface area contributed by atoms with Gasteiger partial charge in [-0.25, -0.2) is 4.98 Å². The van der Waals surface area contributed by atoms with Gasteiger partial charge in [-0.2, -0.15) is 4.98 Å². The first kappa shape index (κ1) is 13.7. The lowest BCUT2D eigenvalue weighted by atomic mass is 10.3. The Kier molecular flexibility index (Phi) is 4.62. The van der Waals surface area contributed by atoms with Crippen LogP contribution in [0.2, 0.25) is 0 Å². The largest absolute Gasteiger partial charge is 0.455 e. The number of esters is 1. The summed E-state index contributed by atoms with van der Waals surface area (Å²) in [4.78, 5) is 19.9. The number of aryl methyl sites for hydroxylation is 2. The van der Waals surface area contributed by atoms with Crippen LogP contribution in [0.15, 0.2) is 9.90 Å². The van der Waals surface area contributed by atoms with Crippen molar-refractivity contribution < 1.29 is 14.1 Å². The monoisotopic (exact) mass is 281 g/mol. The first-order valence-electron chi connectivity index (χ1n) is 6.05. The number of aromatic nitrogens is 3. The second kappa shape index (κ2) is 6.42. The van der Waals surface area contributed by atoms with Crippen LogP contribution < -0.4 is 0 Å². The van der Waals surface area contributed by atoms with E-state index in [1.165, 1.54) is 11.3 Å². The molecule has 0 aromatic carbocycles. The smallest absolute Gasteiger partial charge is 0.312 e. The van der Waals surface area contributed by atoms with Crippen molar-refractivity contribution in [1.82, 2.24) is 15.1 Å². The standard InChI is InChI=1S/C12H15N3O3S/c1-3-4-10-14-11(18-15-10)6-17-12(16)5-9-7-19-8(2)13-9/h7H,3-6H2,1-2H3. The van der Waals surface area contributed by atoms with Gasteiger partial charge in [0, 0.05) is 11.8 Å². The van der Waals surface area contributed by atoms with Crippen LogP contribution in [0, 0.1) is 6.92 Å². The Morgan fingerprint density at radius 2 is 2.32 bits per heavy atom. The molecule has 102 valence electrons. The molecule has 2 rings (SSSR count). The average molecular weight is 281 g/mol. The Bertz CT molecular complexity index is 550. The molecular formula is C12H15N3O3S. The van der Waals surface area contributed by atoms with Gasteiger partial charge in [0.25, 0.3) is 5.89 Å². The molecule has 0 radical (unpaired) electrons. The zero-order chi connectivity index (χ0) is 13.7. The fourth-order valence-corrected chi connectivity index (χ4v) is 2.12. The van der Waals surface area contributed by atoms with Crippen LogP contribution in [0.5, 0.6) is 0 Å². The lowest BCUT2D eigenvalue weighted by Gasteiger charge is -1.99. The molecule has 0 aliphatic carbocycles. The van der Waals surface area contributed by atoms with Crippen molar-refractivity contribution in [3.8, 4) is 0 Å². The molecule has 0 N–H and O–H groups in total. The minimum Gasteiger partial charge on any atom is -0.455 e. The summed E-state index contributed by atoms with van der Waals surface area (Å²) < 4.78 is 10.0. The van der Waals surface area contributed by atoms with Crippen molar-refractivity contribution in [3.05, 3.63) is 27.8 Å². The van der Waals surface area contributed by atoms with E-state index in [-0.39, 0.29) is 19.0 Å². The van der Waals surface area contributed by atoms with Gasteiger partial charge in [-0.15, -0.1) is 11.3 Å². The van der Waals surface area contributed by atoms with Gasteiger partial charge >= 0.3 is 5.97 Å². The Morgan fingerprint density at radius 3 is 3.00 bits per heavy atom. The molecule has 0 amide bonds. The highest BCUT2D eigenvalue weighted by Gasteiger charge is 2.11. The summed E-state index contributed by atoms with van der Waals surface area (Å²) in [6.07, 6.45) is 1.87. The van der Waals surface area contributed by atoms with E-state index in [1.807, 2.05) is 19.2 Å². The number of nitrogens with zero attached hydrogens (tertiary/aromatic N) is 3. The molecular weight excluding hydrogens is 266 g/mol. The summed E-state index contributed by atoms with van der Waals surface area (Å²) in [6, 6.07) is 0. The highest BCUT2D eigenvalue weighted by atomic mass is 32.1. The van der Waals surface area contributed by atoms with Gasteiger partial charge in [-0.05, 0) is 13.3 Å². The minimum absolute atomic E-state index is 0.0126. The molecule has 0 atom stereocenters. The van der Waals surface area contributed by atoms with E-state index in [0.29, 0.717) is 11.7 Å². The van der Waals surface area contributed by atoms with E-state index < -0.39 is 0 Å². The summed E-state index contributed by atoms with van der Waals surface area (Å²) in [5.74, 6) is 0.621. The molecule has 0 unspecified atom stereocenters. The van der Waals surface area contributed by atoms with Gasteiger partial charge in [0.2, 0.25) is 0 Å². The maximum Gasteiger partial charge on any atom is 0.312 e. The summed E-state index contributed by atoms with van der Waals surface area (Å²) in [6.45, 7) is 3.94. The van der Waals surface area contributed by atoms with E-state index in [2.05, 4.69) is 15.1 Å². The van der Waals surface area contributed by atoms with Gasteiger partial charge in [0.05, 0.1) is 17.1 Å². The number of rotatable bonds is 6. The Balaban J connectivity index is 1.79. The first-order valence-corrected chi connectivity index (χ1v) is 6.93. The molecule has 0 saturated heterocycles. The average Bonchev–Trinajstić information content (AvgIpc) is 2.97. The predicted molar refractivity (Wildman–Crippen MR) is 68.6 cm³/mol. The fraction of sp³-hybridized carbons (Fsp3) is 0.500. The molecule has 0 aliphatic heterocycles. The molecule has 19 heavy (non-hydrogen) atoms. The summed E-state index contributed by atoms with van der Waals surface area (Å²) >= 11 is 1.51. The Morgan fingerprint density at radius 1 is 1.47 bits per heavy atom. The van der Waals surface area contributed by atoms with Crippen molar-refractivity contribution in [1.29, 1.82) is 0 Å². The number of thiazole rings is 1. The van der Waals surface area contributed by atoms with Gasteiger partial charge in [0.15, 0.2) is 12.4 Å². The third kappa shape index (κ3) is 4.13. The third-order valence-corrected chi connectivity index (χ3v) is 3.15. The van der Waals surface area contributed by atoms with E-state index >= 15 is 0 Å². The Labute approximate surface area is 114 Å². The number of hydrogen-bond donors (Lipinski definition) is 0. The van der Waals surface area contributed by atoms with Gasteiger partial charge < -0.3 is 9.26 Å². The van der Waals surface area contributed by atoms with Crippen molar-refractivity contribution in [2.45, 2.75) is 39.7 Å². The summed E-state index contributed by atoms with van der Waals surface area (Å²) in [5.41, 5.74) is 0.727. The van der Waals surface area contributed by atoms with Crippen molar-refractivity contribution in [3.63, 3.8) is 0 Å². The van der Waals surface area contributed by atoms with Crippen molar-refractivity contribution >= 4 is 17.3 Å². The predicted octanol–water partition coefficient (Wildman–Crippen LogP) is 2.07. The van der Waals surface area contributed by atoms with E-state index in [4.69, 9.17) is 9.26 Å². The van der Waals surface area contributed by atoms with E-state index in [0.717, 1.165) is 23.5 Å². The SMILES string of the molecule is CCCc1noc(COC(=O)Cc2csc(C)n2)n1. The lowest BCUT2D eigenvalue weighted by molar-refractivity contribution is -0.144. The molecule has 0 bridgehead atoms. The fourth-order valence-electron chi connectivity index (χ4n) is 1.50. The van der Waals surface area contributed by atoms with Crippen LogP contribution in [0.1, 0.15) is 35.8 Å². The second-order valence-electron chi connectivity index (χ2n) is 4.05. The normalized spacial score (nSPS) is 10.6.